The number of carbonyl (C=O) groups is 1. The maximum atomic E-state index is 13.2. The van der Waals surface area contributed by atoms with E-state index in [-0.39, 0.29) is 11.5 Å². The van der Waals surface area contributed by atoms with E-state index in [2.05, 4.69) is 61.3 Å². The van der Waals surface area contributed by atoms with Gasteiger partial charge in [0.15, 0.2) is 0 Å². The Bertz CT molecular complexity index is 1250. The van der Waals surface area contributed by atoms with Crippen molar-refractivity contribution in [1.29, 1.82) is 0 Å². The van der Waals surface area contributed by atoms with Gasteiger partial charge in [-0.3, -0.25) is 10.2 Å². The molecule has 3 aliphatic heterocycles. The van der Waals surface area contributed by atoms with Gasteiger partial charge in [0, 0.05) is 36.3 Å². The molecule has 220 valence electrons. The Hall–Kier alpha value is -2.37. The van der Waals surface area contributed by atoms with E-state index < -0.39 is 5.60 Å². The van der Waals surface area contributed by atoms with Crippen LogP contribution >= 0.6 is 0 Å². The van der Waals surface area contributed by atoms with E-state index in [4.69, 9.17) is 9.47 Å². The number of carbonyl (C=O) groups excluding carboxylic acids is 1. The highest BCUT2D eigenvalue weighted by atomic mass is 16.6. The molecule has 1 spiro atoms. The number of fused-ring (bicyclic) bond motifs is 2. The fourth-order valence-corrected chi connectivity index (χ4v) is 11.2. The third-order valence-corrected chi connectivity index (χ3v) is 12.7. The number of anilines is 1. The number of amides is 1. The molecule has 5 fully saturated rings. The van der Waals surface area contributed by atoms with E-state index in [1.54, 1.807) is 0 Å². The van der Waals surface area contributed by atoms with Crippen molar-refractivity contribution in [3.63, 3.8) is 0 Å². The van der Waals surface area contributed by atoms with Gasteiger partial charge in [0.2, 0.25) is 0 Å². The Morgan fingerprint density at radius 3 is 2.54 bits per heavy atom. The second-order valence-corrected chi connectivity index (χ2v) is 14.6. The van der Waals surface area contributed by atoms with E-state index in [0.29, 0.717) is 29.5 Å². The van der Waals surface area contributed by atoms with Crippen LogP contribution in [0.1, 0.15) is 84.1 Å². The van der Waals surface area contributed by atoms with Crippen molar-refractivity contribution in [2.75, 3.05) is 18.5 Å². The van der Waals surface area contributed by atoms with Gasteiger partial charge in [0.05, 0.1) is 6.61 Å². The second kappa shape index (κ2) is 10.1. The average Bonchev–Trinajstić information content (AvgIpc) is 3.43. The zero-order chi connectivity index (χ0) is 28.3. The first-order valence-corrected chi connectivity index (χ1v) is 16.2. The van der Waals surface area contributed by atoms with Crippen molar-refractivity contribution in [3.8, 4) is 0 Å². The van der Waals surface area contributed by atoms with Gasteiger partial charge in [-0.25, -0.2) is 4.79 Å². The molecule has 3 saturated heterocycles. The zero-order valence-corrected chi connectivity index (χ0v) is 25.2. The Balaban J connectivity index is 1.16. The maximum Gasteiger partial charge on any atom is 0.412 e. The fourth-order valence-electron chi connectivity index (χ4n) is 11.2. The topological polar surface area (TPSA) is 50.8 Å². The number of rotatable bonds is 9. The summed E-state index contributed by atoms with van der Waals surface area (Å²) >= 11 is 0. The van der Waals surface area contributed by atoms with Crippen molar-refractivity contribution < 1.29 is 14.3 Å². The number of ether oxygens (including phenoxy) is 2. The first-order valence-electron chi connectivity index (χ1n) is 16.2. The molecule has 3 heterocycles. The van der Waals surface area contributed by atoms with E-state index >= 15 is 0 Å². The van der Waals surface area contributed by atoms with Crippen LogP contribution in [0.2, 0.25) is 0 Å². The van der Waals surface area contributed by atoms with Crippen LogP contribution in [0.15, 0.2) is 60.7 Å². The van der Waals surface area contributed by atoms with Crippen LogP contribution in [0, 0.1) is 28.6 Å². The number of piperidine rings is 2. The lowest BCUT2D eigenvalue weighted by molar-refractivity contribution is -0.203. The monoisotopic (exact) mass is 556 g/mol. The Kier molecular flexibility index (Phi) is 6.78. The van der Waals surface area contributed by atoms with Gasteiger partial charge in [-0.15, -0.1) is 0 Å². The second-order valence-electron chi connectivity index (χ2n) is 14.6. The van der Waals surface area contributed by atoms with Crippen LogP contribution < -0.4 is 5.32 Å². The van der Waals surface area contributed by atoms with Crippen LogP contribution in [0.3, 0.4) is 0 Å². The van der Waals surface area contributed by atoms with Crippen LogP contribution in [0.4, 0.5) is 10.5 Å². The number of nitrogens with zero attached hydrogens (tertiary/aromatic N) is 1. The van der Waals surface area contributed by atoms with Gasteiger partial charge in [0.25, 0.3) is 0 Å². The highest BCUT2D eigenvalue weighted by Crippen LogP contribution is 2.79. The largest absolute Gasteiger partial charge is 0.443 e. The van der Waals surface area contributed by atoms with Gasteiger partial charge in [-0.05, 0) is 106 Å². The molecule has 5 heteroatoms. The molecular formula is C36H48N2O3. The summed E-state index contributed by atoms with van der Waals surface area (Å²) in [5.41, 5.74) is 2.44. The van der Waals surface area contributed by atoms with Crippen molar-refractivity contribution in [2.45, 2.75) is 102 Å². The molecule has 1 unspecified atom stereocenters. The van der Waals surface area contributed by atoms with Crippen LogP contribution in [-0.4, -0.2) is 41.3 Å². The third-order valence-electron chi connectivity index (χ3n) is 12.7. The predicted molar refractivity (Wildman–Crippen MR) is 163 cm³/mol. The molecule has 41 heavy (non-hydrogen) atoms. The zero-order valence-electron chi connectivity index (χ0n) is 25.2. The SMILES string of the molecule is CC(C)(OC(=O)Nc1ccccc1)[C@H]1CC[C@@]2(C)[C@@H]3CC[C@]45CCC[C@H]4[C@@]2(CCCOCc2ccccc2)[C@@H]1N5C3. The summed E-state index contributed by atoms with van der Waals surface area (Å²) in [5.74, 6) is 1.86. The third kappa shape index (κ3) is 4.12. The fraction of sp³-hybridized carbons (Fsp3) is 0.639. The summed E-state index contributed by atoms with van der Waals surface area (Å²) in [6.45, 7) is 9.79. The molecule has 2 saturated carbocycles. The molecular weight excluding hydrogens is 508 g/mol. The Labute approximate surface area is 246 Å². The van der Waals surface area contributed by atoms with Crippen molar-refractivity contribution >= 4 is 11.8 Å². The number of hydrogen-bond acceptors (Lipinski definition) is 4. The first kappa shape index (κ1) is 27.5. The van der Waals surface area contributed by atoms with E-state index in [9.17, 15) is 4.79 Å². The molecule has 1 amide bonds. The smallest absolute Gasteiger partial charge is 0.412 e. The quantitative estimate of drug-likeness (QED) is 0.317. The molecule has 2 aliphatic carbocycles. The summed E-state index contributed by atoms with van der Waals surface area (Å²) in [4.78, 5) is 16.2. The minimum absolute atomic E-state index is 0.262. The van der Waals surface area contributed by atoms with Crippen molar-refractivity contribution in [1.82, 2.24) is 4.90 Å². The molecule has 0 aromatic heterocycles. The number of hydrogen-bond donors (Lipinski definition) is 1. The Morgan fingerprint density at radius 2 is 1.76 bits per heavy atom. The van der Waals surface area contributed by atoms with Crippen LogP contribution in [-0.2, 0) is 16.1 Å². The number of benzene rings is 2. The molecule has 5 aliphatic rings. The highest BCUT2D eigenvalue weighted by Gasteiger charge is 2.80. The number of para-hydroxylation sites is 1. The molecule has 0 radical (unpaired) electrons. The van der Waals surface area contributed by atoms with Gasteiger partial charge < -0.3 is 9.47 Å². The molecule has 2 aromatic rings. The van der Waals surface area contributed by atoms with E-state index in [1.165, 1.54) is 57.1 Å². The van der Waals surface area contributed by atoms with Gasteiger partial charge in [-0.1, -0.05) is 61.9 Å². The summed E-state index contributed by atoms with van der Waals surface area (Å²) in [7, 11) is 0. The lowest BCUT2D eigenvalue weighted by Gasteiger charge is -2.68. The van der Waals surface area contributed by atoms with E-state index in [0.717, 1.165) is 37.0 Å². The predicted octanol–water partition coefficient (Wildman–Crippen LogP) is 8.06. The Morgan fingerprint density at radius 1 is 1.00 bits per heavy atom. The minimum Gasteiger partial charge on any atom is -0.443 e. The van der Waals surface area contributed by atoms with E-state index in [1.807, 2.05) is 30.3 Å². The maximum absolute atomic E-state index is 13.2. The molecule has 1 N–H and O–H groups in total. The molecule has 5 bridgehead atoms. The molecule has 8 atom stereocenters. The average molecular weight is 557 g/mol. The van der Waals surface area contributed by atoms with Crippen molar-refractivity contribution in [3.05, 3.63) is 66.2 Å². The standard InChI is InChI=1S/C36H48N2O3/c1-33(2,41-32(39)37-28-14-8-5-9-15-28)29-18-21-34(3)27-17-22-35-19-10-16-30(35)36(34,31(29)38(35)24-27)20-11-23-40-25-26-12-6-4-7-13-26/h4-9,12-15,27,29-31H,10-11,16-25H2,1-3H3,(H,37,39)/t27-,29+,30-,31-,34+,35-,36+/m1/s1. The highest BCUT2D eigenvalue weighted by molar-refractivity contribution is 5.84. The van der Waals surface area contributed by atoms with Crippen molar-refractivity contribution in [2.24, 2.45) is 28.6 Å². The first-order chi connectivity index (χ1) is 19.8. The summed E-state index contributed by atoms with van der Waals surface area (Å²) < 4.78 is 12.6. The normalized spacial score (nSPS) is 38.5. The lowest BCUT2D eigenvalue weighted by atomic mass is 9.42. The van der Waals surface area contributed by atoms with Crippen LogP contribution in [0.25, 0.3) is 0 Å². The number of nitrogens with one attached hydrogen (secondary N) is 1. The minimum atomic E-state index is -0.552. The lowest BCUT2D eigenvalue weighted by Crippen LogP contribution is -2.70. The summed E-state index contributed by atoms with van der Waals surface area (Å²) in [6.07, 6.45) is 11.2. The molecule has 5 nitrogen and oxygen atoms in total. The van der Waals surface area contributed by atoms with Crippen LogP contribution in [0.5, 0.6) is 0 Å². The summed E-state index contributed by atoms with van der Waals surface area (Å²) in [5, 5.41) is 2.98. The van der Waals surface area contributed by atoms with Gasteiger partial charge in [-0.2, -0.15) is 0 Å². The summed E-state index contributed by atoms with van der Waals surface area (Å²) in [6, 6.07) is 20.7. The molecule has 2 aromatic carbocycles. The van der Waals surface area contributed by atoms with Gasteiger partial charge >= 0.3 is 6.09 Å². The van der Waals surface area contributed by atoms with Gasteiger partial charge in [0.1, 0.15) is 5.60 Å². The molecule has 7 rings (SSSR count).